The van der Waals surface area contributed by atoms with Gasteiger partial charge in [0, 0.05) is 38.2 Å². The van der Waals surface area contributed by atoms with Crippen molar-refractivity contribution in [2.45, 2.75) is 63.8 Å². The fourth-order valence-corrected chi connectivity index (χ4v) is 4.69. The Balaban J connectivity index is 1.39. The van der Waals surface area contributed by atoms with Crippen molar-refractivity contribution in [1.29, 1.82) is 0 Å². The molecule has 1 aliphatic carbocycles. The third kappa shape index (κ3) is 4.58. The zero-order valence-corrected chi connectivity index (χ0v) is 18.5. The van der Waals surface area contributed by atoms with E-state index in [4.69, 9.17) is 0 Å². The molecule has 0 bridgehead atoms. The molecule has 3 amide bonds. The van der Waals surface area contributed by atoms with Gasteiger partial charge in [-0.3, -0.25) is 10.1 Å². The van der Waals surface area contributed by atoms with Gasteiger partial charge < -0.3 is 15.1 Å². The lowest BCUT2D eigenvalue weighted by atomic mass is 9.95. The van der Waals surface area contributed by atoms with Crippen molar-refractivity contribution < 1.29 is 22.8 Å². The largest absolute Gasteiger partial charge is 0.416 e. The van der Waals surface area contributed by atoms with Crippen molar-refractivity contribution in [2.24, 2.45) is 11.8 Å². The minimum Gasteiger partial charge on any atom is -0.324 e. The number of piperidine rings is 1. The van der Waals surface area contributed by atoms with E-state index in [-0.39, 0.29) is 23.9 Å². The standard InChI is InChI=1S/C23H31F3N4O2/c1-3-15(2)19-20(31)30(14-16-4-5-16)22(28-19)10-12-29(13-11-22)21(32)27-18-8-6-17(7-9-18)23(24,25)26/h6-9,15-16,19,28H,3-5,10-14H2,1-2H3,(H,27,32)/t15-,19-/m0/s1. The van der Waals surface area contributed by atoms with Crippen LogP contribution in [0.2, 0.25) is 0 Å². The quantitative estimate of drug-likeness (QED) is 0.701. The van der Waals surface area contributed by atoms with Crippen molar-refractivity contribution in [3.05, 3.63) is 29.8 Å². The number of anilines is 1. The van der Waals surface area contributed by atoms with Crippen LogP contribution in [0.4, 0.5) is 23.7 Å². The van der Waals surface area contributed by atoms with Crippen LogP contribution < -0.4 is 10.6 Å². The van der Waals surface area contributed by atoms with Gasteiger partial charge in [0.15, 0.2) is 0 Å². The Morgan fingerprint density at radius 1 is 1.22 bits per heavy atom. The van der Waals surface area contributed by atoms with E-state index in [1.165, 1.54) is 12.1 Å². The molecule has 0 unspecified atom stereocenters. The number of benzene rings is 1. The number of likely N-dealkylation sites (tertiary alicyclic amines) is 1. The third-order valence-corrected chi connectivity index (χ3v) is 7.16. The first kappa shape index (κ1) is 22.9. The zero-order valence-electron chi connectivity index (χ0n) is 18.5. The fraction of sp³-hybridized carbons (Fsp3) is 0.652. The van der Waals surface area contributed by atoms with Crippen molar-refractivity contribution >= 4 is 17.6 Å². The van der Waals surface area contributed by atoms with Crippen LogP contribution in [-0.4, -0.2) is 53.1 Å². The Morgan fingerprint density at radius 3 is 2.38 bits per heavy atom. The smallest absolute Gasteiger partial charge is 0.324 e. The Hall–Kier alpha value is -2.29. The van der Waals surface area contributed by atoms with Gasteiger partial charge >= 0.3 is 12.2 Å². The molecular formula is C23H31F3N4O2. The average molecular weight is 453 g/mol. The van der Waals surface area contributed by atoms with Gasteiger partial charge in [-0.15, -0.1) is 0 Å². The molecule has 0 aromatic heterocycles. The Morgan fingerprint density at radius 2 is 1.84 bits per heavy atom. The van der Waals surface area contributed by atoms with E-state index in [0.29, 0.717) is 37.5 Å². The number of carbonyl (C=O) groups is 2. The van der Waals surface area contributed by atoms with Gasteiger partial charge in [-0.25, -0.2) is 4.79 Å². The monoisotopic (exact) mass is 452 g/mol. The summed E-state index contributed by atoms with van der Waals surface area (Å²) in [7, 11) is 0. The summed E-state index contributed by atoms with van der Waals surface area (Å²) < 4.78 is 38.2. The number of alkyl halides is 3. The molecule has 1 aromatic carbocycles. The molecule has 2 saturated heterocycles. The van der Waals surface area contributed by atoms with Crippen molar-refractivity contribution in [1.82, 2.24) is 15.1 Å². The Bertz CT molecular complexity index is 846. The number of rotatable bonds is 5. The van der Waals surface area contributed by atoms with Crippen LogP contribution in [-0.2, 0) is 11.0 Å². The SMILES string of the molecule is CC[C@H](C)[C@@H]1NC2(CCN(C(=O)Nc3ccc(C(F)(F)F)cc3)CC2)N(CC2CC2)C1=O. The molecule has 2 aliphatic heterocycles. The second-order valence-corrected chi connectivity index (χ2v) is 9.42. The highest BCUT2D eigenvalue weighted by Gasteiger charge is 2.53. The molecule has 6 nitrogen and oxygen atoms in total. The highest BCUT2D eigenvalue weighted by molar-refractivity contribution is 5.89. The summed E-state index contributed by atoms with van der Waals surface area (Å²) in [5.74, 6) is 0.993. The first-order chi connectivity index (χ1) is 15.1. The second-order valence-electron chi connectivity index (χ2n) is 9.42. The summed E-state index contributed by atoms with van der Waals surface area (Å²) in [6.45, 7) is 5.90. The van der Waals surface area contributed by atoms with Gasteiger partial charge in [-0.1, -0.05) is 20.3 Å². The normalized spacial score (nSPS) is 24.2. The second kappa shape index (κ2) is 8.57. The van der Waals surface area contributed by atoms with Crippen LogP contribution in [0, 0.1) is 11.8 Å². The number of hydrogen-bond donors (Lipinski definition) is 2. The number of amides is 3. The molecule has 9 heteroatoms. The summed E-state index contributed by atoms with van der Waals surface area (Å²) in [6, 6.07) is 3.91. The van der Waals surface area contributed by atoms with Gasteiger partial charge in [-0.05, 0) is 48.9 Å². The van der Waals surface area contributed by atoms with E-state index in [2.05, 4.69) is 24.5 Å². The topological polar surface area (TPSA) is 64.7 Å². The lowest BCUT2D eigenvalue weighted by Gasteiger charge is -2.44. The molecule has 3 fully saturated rings. The maximum atomic E-state index is 13.2. The third-order valence-electron chi connectivity index (χ3n) is 7.16. The van der Waals surface area contributed by atoms with Crippen LogP contribution in [0.3, 0.4) is 0 Å². The number of hydrogen-bond acceptors (Lipinski definition) is 3. The van der Waals surface area contributed by atoms with Crippen LogP contribution in [0.5, 0.6) is 0 Å². The number of halogens is 3. The fourth-order valence-electron chi connectivity index (χ4n) is 4.69. The minimum absolute atomic E-state index is 0.175. The number of nitrogens with one attached hydrogen (secondary N) is 2. The molecule has 4 rings (SSSR count). The predicted octanol–water partition coefficient (Wildman–Crippen LogP) is 4.29. The van der Waals surface area contributed by atoms with Crippen molar-refractivity contribution in [3.8, 4) is 0 Å². The zero-order chi connectivity index (χ0) is 23.1. The molecule has 1 saturated carbocycles. The summed E-state index contributed by atoms with van der Waals surface area (Å²) in [5.41, 5.74) is -0.845. The predicted molar refractivity (Wildman–Crippen MR) is 115 cm³/mol. The van der Waals surface area contributed by atoms with E-state index in [1.54, 1.807) is 4.90 Å². The molecule has 2 atom stereocenters. The molecule has 2 heterocycles. The maximum Gasteiger partial charge on any atom is 0.416 e. The van der Waals surface area contributed by atoms with E-state index < -0.39 is 17.4 Å². The van der Waals surface area contributed by atoms with E-state index in [0.717, 1.165) is 37.9 Å². The summed E-state index contributed by atoms with van der Waals surface area (Å²) in [5, 5.41) is 6.32. The van der Waals surface area contributed by atoms with Gasteiger partial charge in [0.1, 0.15) is 0 Å². The summed E-state index contributed by atoms with van der Waals surface area (Å²) in [6.07, 6.45) is 0.107. The first-order valence-corrected chi connectivity index (χ1v) is 11.5. The van der Waals surface area contributed by atoms with Crippen LogP contribution in [0.15, 0.2) is 24.3 Å². The van der Waals surface area contributed by atoms with Crippen LogP contribution >= 0.6 is 0 Å². The molecule has 3 aliphatic rings. The summed E-state index contributed by atoms with van der Waals surface area (Å²) in [4.78, 5) is 29.6. The molecule has 1 aromatic rings. The van der Waals surface area contributed by atoms with Crippen LogP contribution in [0.1, 0.15) is 51.5 Å². The molecular weight excluding hydrogens is 421 g/mol. The van der Waals surface area contributed by atoms with Crippen LogP contribution in [0.25, 0.3) is 0 Å². The number of urea groups is 1. The van der Waals surface area contributed by atoms with Crippen molar-refractivity contribution in [2.75, 3.05) is 25.0 Å². The lowest BCUT2D eigenvalue weighted by Crippen LogP contribution is -2.60. The molecule has 32 heavy (non-hydrogen) atoms. The van der Waals surface area contributed by atoms with Crippen molar-refractivity contribution in [3.63, 3.8) is 0 Å². The molecule has 1 spiro atoms. The van der Waals surface area contributed by atoms with Gasteiger partial charge in [0.05, 0.1) is 17.3 Å². The average Bonchev–Trinajstić information content (AvgIpc) is 3.55. The maximum absolute atomic E-state index is 13.2. The highest BCUT2D eigenvalue weighted by Crippen LogP contribution is 2.39. The van der Waals surface area contributed by atoms with Gasteiger partial charge in [0.25, 0.3) is 0 Å². The molecule has 2 N–H and O–H groups in total. The van der Waals surface area contributed by atoms with Gasteiger partial charge in [0.2, 0.25) is 5.91 Å². The number of carbonyl (C=O) groups excluding carboxylic acids is 2. The van der Waals surface area contributed by atoms with Gasteiger partial charge in [-0.2, -0.15) is 13.2 Å². The molecule has 0 radical (unpaired) electrons. The first-order valence-electron chi connectivity index (χ1n) is 11.5. The Kier molecular flexibility index (Phi) is 6.13. The lowest BCUT2D eigenvalue weighted by molar-refractivity contribution is -0.137. The molecule has 176 valence electrons. The number of nitrogens with zero attached hydrogens (tertiary/aromatic N) is 2. The summed E-state index contributed by atoms with van der Waals surface area (Å²) >= 11 is 0. The van der Waals surface area contributed by atoms with E-state index in [1.807, 2.05) is 4.90 Å². The van der Waals surface area contributed by atoms with E-state index in [9.17, 15) is 22.8 Å². The van der Waals surface area contributed by atoms with E-state index >= 15 is 0 Å². The Labute approximate surface area is 186 Å². The highest BCUT2D eigenvalue weighted by atomic mass is 19.4. The minimum atomic E-state index is -4.41.